The van der Waals surface area contributed by atoms with Gasteiger partial charge in [0.25, 0.3) is 0 Å². The Morgan fingerprint density at radius 3 is 2.10 bits per heavy atom. The first kappa shape index (κ1) is 18.8. The van der Waals surface area contributed by atoms with E-state index in [0.717, 1.165) is 17.1 Å². The molecule has 0 fully saturated rings. The highest BCUT2D eigenvalue weighted by Gasteiger charge is 2.13. The molecular formula is C27H21N3O. The maximum Gasteiger partial charge on any atom is 0.193 e. The van der Waals surface area contributed by atoms with Crippen LogP contribution in [0.25, 0.3) is 16.7 Å². The first-order chi connectivity index (χ1) is 15.3. The van der Waals surface area contributed by atoms with Crippen molar-refractivity contribution in [1.82, 2.24) is 9.55 Å². The molecule has 4 nitrogen and oxygen atoms in total. The van der Waals surface area contributed by atoms with Crippen molar-refractivity contribution in [3.05, 3.63) is 131 Å². The number of rotatable bonds is 5. The molecule has 150 valence electrons. The fourth-order valence-electron chi connectivity index (χ4n) is 3.73. The number of hydrogen-bond acceptors (Lipinski definition) is 3. The van der Waals surface area contributed by atoms with Crippen LogP contribution in [0, 0.1) is 0 Å². The van der Waals surface area contributed by atoms with Gasteiger partial charge in [-0.3, -0.25) is 9.36 Å². The summed E-state index contributed by atoms with van der Waals surface area (Å²) in [7, 11) is 0. The molecule has 1 N–H and O–H groups in total. The van der Waals surface area contributed by atoms with Crippen molar-refractivity contribution in [3.8, 4) is 5.69 Å². The topological polar surface area (TPSA) is 46.9 Å². The van der Waals surface area contributed by atoms with E-state index >= 15 is 0 Å². The summed E-state index contributed by atoms with van der Waals surface area (Å²) in [6, 6.07) is 35.5. The first-order valence-electron chi connectivity index (χ1n) is 10.2. The van der Waals surface area contributed by atoms with Crippen molar-refractivity contribution in [2.75, 3.05) is 5.32 Å². The summed E-state index contributed by atoms with van der Waals surface area (Å²) in [5.41, 5.74) is 4.53. The van der Waals surface area contributed by atoms with Crippen LogP contribution >= 0.6 is 0 Å². The maximum atomic E-state index is 12.9. The molecular weight excluding hydrogens is 382 g/mol. The molecule has 0 amide bonds. The molecule has 0 bridgehead atoms. The summed E-state index contributed by atoms with van der Waals surface area (Å²) in [4.78, 5) is 17.9. The molecule has 5 rings (SSSR count). The van der Waals surface area contributed by atoms with Gasteiger partial charge >= 0.3 is 0 Å². The largest absolute Gasteiger partial charge is 0.341 e. The summed E-state index contributed by atoms with van der Waals surface area (Å²) in [6.07, 6.45) is 0.704. The Morgan fingerprint density at radius 1 is 0.742 bits per heavy atom. The number of aromatic nitrogens is 2. The minimum atomic E-state index is -0.0561. The summed E-state index contributed by atoms with van der Waals surface area (Å²) < 4.78 is 2.01. The predicted octanol–water partition coefficient (Wildman–Crippen LogP) is 5.72. The molecule has 0 saturated heterocycles. The molecule has 0 aliphatic carbocycles. The van der Waals surface area contributed by atoms with Crippen LogP contribution in [0.4, 0.5) is 11.5 Å². The van der Waals surface area contributed by atoms with Crippen LogP contribution in [0.5, 0.6) is 0 Å². The molecule has 0 atom stereocenters. The summed E-state index contributed by atoms with van der Waals surface area (Å²) in [6.45, 7) is 0. The van der Waals surface area contributed by atoms with Crippen molar-refractivity contribution in [2.24, 2.45) is 0 Å². The number of anilines is 2. The van der Waals surface area contributed by atoms with Gasteiger partial charge < -0.3 is 5.32 Å². The third kappa shape index (κ3) is 3.96. The van der Waals surface area contributed by atoms with E-state index in [1.165, 1.54) is 5.56 Å². The van der Waals surface area contributed by atoms with E-state index in [1.807, 2.05) is 95.6 Å². The third-order valence-corrected chi connectivity index (χ3v) is 5.21. The van der Waals surface area contributed by atoms with E-state index in [9.17, 15) is 4.79 Å². The van der Waals surface area contributed by atoms with E-state index in [-0.39, 0.29) is 5.43 Å². The second-order valence-electron chi connectivity index (χ2n) is 7.39. The lowest BCUT2D eigenvalue weighted by Gasteiger charge is -2.18. The van der Waals surface area contributed by atoms with Crippen LogP contribution in [0.15, 0.2) is 114 Å². The number of benzene rings is 3. The molecule has 4 heteroatoms. The Bertz CT molecular complexity index is 1380. The second-order valence-corrected chi connectivity index (χ2v) is 7.39. The molecule has 2 aromatic heterocycles. The Kier molecular flexibility index (Phi) is 5.03. The summed E-state index contributed by atoms with van der Waals surface area (Å²) >= 11 is 0. The molecule has 0 saturated carbocycles. The van der Waals surface area contributed by atoms with E-state index in [2.05, 4.69) is 17.4 Å². The zero-order valence-electron chi connectivity index (χ0n) is 16.9. The third-order valence-electron chi connectivity index (χ3n) is 5.21. The Hall–Kier alpha value is -4.18. The van der Waals surface area contributed by atoms with Gasteiger partial charge in [0.1, 0.15) is 11.5 Å². The molecule has 31 heavy (non-hydrogen) atoms. The second kappa shape index (κ2) is 8.28. The van der Waals surface area contributed by atoms with Gasteiger partial charge in [-0.1, -0.05) is 66.7 Å². The lowest BCUT2D eigenvalue weighted by Crippen LogP contribution is -2.14. The first-order valence-corrected chi connectivity index (χ1v) is 10.2. The molecule has 3 aromatic carbocycles. The highest BCUT2D eigenvalue weighted by Crippen LogP contribution is 2.24. The molecule has 0 unspecified atom stereocenters. The number of para-hydroxylation sites is 2. The molecule has 2 heterocycles. The van der Waals surface area contributed by atoms with Crippen LogP contribution in [0.2, 0.25) is 0 Å². The molecule has 0 radical (unpaired) electrons. The van der Waals surface area contributed by atoms with E-state index < -0.39 is 0 Å². The van der Waals surface area contributed by atoms with Gasteiger partial charge in [-0.2, -0.15) is 0 Å². The van der Waals surface area contributed by atoms with Gasteiger partial charge in [0.05, 0.1) is 5.39 Å². The van der Waals surface area contributed by atoms with Crippen LogP contribution < -0.4 is 10.7 Å². The van der Waals surface area contributed by atoms with Gasteiger partial charge in [0.15, 0.2) is 5.43 Å². The average molecular weight is 403 g/mol. The van der Waals surface area contributed by atoms with Crippen molar-refractivity contribution < 1.29 is 0 Å². The van der Waals surface area contributed by atoms with Crippen molar-refractivity contribution in [1.29, 1.82) is 0 Å². The highest BCUT2D eigenvalue weighted by molar-refractivity contribution is 5.81. The van der Waals surface area contributed by atoms with Crippen LogP contribution in [0.3, 0.4) is 0 Å². The normalized spacial score (nSPS) is 10.8. The fourth-order valence-corrected chi connectivity index (χ4v) is 3.73. The number of nitrogens with one attached hydrogen (secondary N) is 1. The fraction of sp³-hybridized carbons (Fsp3) is 0.0370. The lowest BCUT2D eigenvalue weighted by molar-refractivity contribution is 1.02. The Labute approximate surface area is 180 Å². The number of hydrogen-bond donors (Lipinski definition) is 1. The van der Waals surface area contributed by atoms with Crippen LogP contribution in [0.1, 0.15) is 11.3 Å². The van der Waals surface area contributed by atoms with Gasteiger partial charge in [-0.25, -0.2) is 4.98 Å². The highest BCUT2D eigenvalue weighted by atomic mass is 16.1. The van der Waals surface area contributed by atoms with E-state index in [0.29, 0.717) is 23.3 Å². The number of pyridine rings is 2. The maximum absolute atomic E-state index is 12.9. The Morgan fingerprint density at radius 2 is 1.39 bits per heavy atom. The minimum Gasteiger partial charge on any atom is -0.341 e. The lowest BCUT2D eigenvalue weighted by atomic mass is 10.1. The SMILES string of the molecule is O=c1cc(Nc2ccccc2)n(-c2ccccc2)c2nc(Cc3ccccc3)ccc12. The van der Waals surface area contributed by atoms with Crippen LogP contribution in [-0.2, 0) is 6.42 Å². The van der Waals surface area contributed by atoms with Gasteiger partial charge in [0, 0.05) is 29.6 Å². The van der Waals surface area contributed by atoms with Crippen molar-refractivity contribution >= 4 is 22.5 Å². The zero-order chi connectivity index (χ0) is 21.0. The monoisotopic (exact) mass is 403 g/mol. The zero-order valence-corrected chi connectivity index (χ0v) is 16.9. The van der Waals surface area contributed by atoms with Crippen LogP contribution in [-0.4, -0.2) is 9.55 Å². The number of fused-ring (bicyclic) bond motifs is 1. The molecule has 0 spiro atoms. The standard InChI is InChI=1S/C27H21N3O/c31-25-19-26(28-21-12-6-2-7-13-21)30(23-14-8-3-9-15-23)27-24(25)17-16-22(29-27)18-20-10-4-1-5-11-20/h1-17,19,28H,18H2. The minimum absolute atomic E-state index is 0.0561. The summed E-state index contributed by atoms with van der Waals surface area (Å²) in [5.74, 6) is 0.680. The van der Waals surface area contributed by atoms with Gasteiger partial charge in [-0.15, -0.1) is 0 Å². The smallest absolute Gasteiger partial charge is 0.193 e. The Balaban J connectivity index is 1.71. The van der Waals surface area contributed by atoms with E-state index in [4.69, 9.17) is 4.98 Å². The summed E-state index contributed by atoms with van der Waals surface area (Å²) in [5, 5.41) is 3.99. The van der Waals surface area contributed by atoms with Gasteiger partial charge in [-0.05, 0) is 42.0 Å². The molecule has 0 aliphatic rings. The average Bonchev–Trinajstić information content (AvgIpc) is 2.81. The molecule has 5 aromatic rings. The van der Waals surface area contributed by atoms with E-state index in [1.54, 1.807) is 6.07 Å². The molecule has 0 aliphatic heterocycles. The van der Waals surface area contributed by atoms with Crippen molar-refractivity contribution in [3.63, 3.8) is 0 Å². The predicted molar refractivity (Wildman–Crippen MR) is 126 cm³/mol. The van der Waals surface area contributed by atoms with Crippen molar-refractivity contribution in [2.45, 2.75) is 6.42 Å². The quantitative estimate of drug-likeness (QED) is 0.408. The number of nitrogens with zero attached hydrogens (tertiary/aromatic N) is 2. The van der Waals surface area contributed by atoms with Gasteiger partial charge in [0.2, 0.25) is 0 Å².